The van der Waals surface area contributed by atoms with Crippen LogP contribution in [0.25, 0.3) is 16.5 Å². The first-order valence-electron chi connectivity index (χ1n) is 11.7. The standard InChI is InChI=1S/C26H26N6O4/c1-3-4-10-15-31-26(36)20-14-9-8-13-19(20)22(29-31)24(34)27-28-25(35)23-21(33)16-17(2)32(30-23)18-11-6-5-7-12-18/h5-9,11-14,16H,3-4,10,15H2,1-2H3,(H,27,34)(H,28,35). The minimum absolute atomic E-state index is 0.0134. The Morgan fingerprint density at radius 3 is 2.17 bits per heavy atom. The monoisotopic (exact) mass is 486 g/mol. The average Bonchev–Trinajstić information content (AvgIpc) is 2.89. The molecule has 36 heavy (non-hydrogen) atoms. The van der Waals surface area contributed by atoms with Crippen LogP contribution in [0.5, 0.6) is 0 Å². The zero-order chi connectivity index (χ0) is 25.7. The zero-order valence-electron chi connectivity index (χ0n) is 20.0. The molecule has 4 aromatic rings. The summed E-state index contributed by atoms with van der Waals surface area (Å²) in [7, 11) is 0. The second-order valence-electron chi connectivity index (χ2n) is 8.28. The fourth-order valence-corrected chi connectivity index (χ4v) is 3.83. The van der Waals surface area contributed by atoms with E-state index in [2.05, 4.69) is 28.0 Å². The van der Waals surface area contributed by atoms with Crippen LogP contribution in [-0.2, 0) is 6.54 Å². The van der Waals surface area contributed by atoms with E-state index in [9.17, 15) is 19.2 Å². The van der Waals surface area contributed by atoms with Gasteiger partial charge in [0.15, 0.2) is 11.4 Å². The number of nitrogens with zero attached hydrogens (tertiary/aromatic N) is 4. The molecule has 0 aliphatic carbocycles. The normalized spacial score (nSPS) is 10.8. The number of aromatic nitrogens is 4. The van der Waals surface area contributed by atoms with Crippen molar-refractivity contribution >= 4 is 22.6 Å². The Morgan fingerprint density at radius 2 is 1.47 bits per heavy atom. The highest BCUT2D eigenvalue weighted by atomic mass is 16.2. The van der Waals surface area contributed by atoms with Gasteiger partial charge in [0.05, 0.1) is 11.1 Å². The molecule has 184 valence electrons. The van der Waals surface area contributed by atoms with Crippen molar-refractivity contribution in [1.29, 1.82) is 0 Å². The van der Waals surface area contributed by atoms with Crippen molar-refractivity contribution in [1.82, 2.24) is 30.4 Å². The van der Waals surface area contributed by atoms with Crippen LogP contribution in [0.4, 0.5) is 0 Å². The van der Waals surface area contributed by atoms with Crippen LogP contribution in [0.15, 0.2) is 70.3 Å². The minimum Gasteiger partial charge on any atom is -0.287 e. The van der Waals surface area contributed by atoms with Gasteiger partial charge in [0.2, 0.25) is 5.43 Å². The Morgan fingerprint density at radius 1 is 0.833 bits per heavy atom. The summed E-state index contributed by atoms with van der Waals surface area (Å²) in [4.78, 5) is 51.1. The number of hydrogen-bond donors (Lipinski definition) is 2. The third-order valence-corrected chi connectivity index (χ3v) is 5.67. The second kappa shape index (κ2) is 10.8. The fraction of sp³-hybridized carbons (Fsp3) is 0.231. The molecule has 0 atom stereocenters. The quantitative estimate of drug-likeness (QED) is 0.305. The predicted molar refractivity (Wildman–Crippen MR) is 135 cm³/mol. The molecule has 10 heteroatoms. The zero-order valence-corrected chi connectivity index (χ0v) is 20.0. The van der Waals surface area contributed by atoms with Crippen LogP contribution in [0.2, 0.25) is 0 Å². The fourth-order valence-electron chi connectivity index (χ4n) is 3.83. The van der Waals surface area contributed by atoms with Gasteiger partial charge in [-0.05, 0) is 31.5 Å². The molecule has 2 aromatic heterocycles. The molecule has 0 saturated heterocycles. The van der Waals surface area contributed by atoms with Crippen LogP contribution in [0.3, 0.4) is 0 Å². The van der Waals surface area contributed by atoms with Gasteiger partial charge in [0.25, 0.3) is 17.4 Å². The molecular weight excluding hydrogens is 460 g/mol. The van der Waals surface area contributed by atoms with Crippen molar-refractivity contribution < 1.29 is 9.59 Å². The molecule has 0 bridgehead atoms. The lowest BCUT2D eigenvalue weighted by molar-refractivity contribution is 0.0839. The highest BCUT2D eigenvalue weighted by Crippen LogP contribution is 2.13. The summed E-state index contributed by atoms with van der Waals surface area (Å²) >= 11 is 0. The third kappa shape index (κ3) is 5.07. The maximum absolute atomic E-state index is 13.0. The number of amides is 2. The number of hydrogen-bond acceptors (Lipinski definition) is 6. The van der Waals surface area contributed by atoms with Crippen LogP contribution in [-0.4, -0.2) is 31.4 Å². The van der Waals surface area contributed by atoms with E-state index in [0.717, 1.165) is 19.3 Å². The van der Waals surface area contributed by atoms with Gasteiger partial charge >= 0.3 is 0 Å². The number of aryl methyl sites for hydroxylation is 2. The summed E-state index contributed by atoms with van der Waals surface area (Å²) < 4.78 is 2.74. The molecule has 10 nitrogen and oxygen atoms in total. The number of fused-ring (bicyclic) bond motifs is 1. The van der Waals surface area contributed by atoms with Crippen LogP contribution in [0.1, 0.15) is 52.9 Å². The topological polar surface area (TPSA) is 128 Å². The van der Waals surface area contributed by atoms with E-state index in [1.54, 1.807) is 43.3 Å². The van der Waals surface area contributed by atoms with Crippen LogP contribution >= 0.6 is 0 Å². The molecule has 0 fully saturated rings. The van der Waals surface area contributed by atoms with Gasteiger partial charge in [0, 0.05) is 23.7 Å². The number of carbonyl (C=O) groups is 2. The van der Waals surface area contributed by atoms with Crippen LogP contribution in [0, 0.1) is 6.92 Å². The Hall–Kier alpha value is -4.60. The van der Waals surface area contributed by atoms with Crippen molar-refractivity contribution in [3.05, 3.63) is 98.3 Å². The van der Waals surface area contributed by atoms with Gasteiger partial charge in [-0.3, -0.25) is 30.0 Å². The lowest BCUT2D eigenvalue weighted by Gasteiger charge is -2.13. The van der Waals surface area contributed by atoms with E-state index in [0.29, 0.717) is 28.7 Å². The Balaban J connectivity index is 1.59. The first kappa shape index (κ1) is 24.5. The summed E-state index contributed by atoms with van der Waals surface area (Å²) in [5.74, 6) is -1.60. The Kier molecular flexibility index (Phi) is 7.33. The summed E-state index contributed by atoms with van der Waals surface area (Å²) in [5, 5.41) is 9.17. The smallest absolute Gasteiger partial charge is 0.287 e. The first-order chi connectivity index (χ1) is 17.4. The summed E-state index contributed by atoms with van der Waals surface area (Å²) in [5.41, 5.74) is 4.51. The van der Waals surface area contributed by atoms with E-state index in [1.807, 2.05) is 18.2 Å². The van der Waals surface area contributed by atoms with Gasteiger partial charge in [-0.15, -0.1) is 0 Å². The highest BCUT2D eigenvalue weighted by molar-refractivity contribution is 6.05. The van der Waals surface area contributed by atoms with Crippen molar-refractivity contribution in [2.75, 3.05) is 0 Å². The number of hydrazine groups is 1. The molecule has 0 radical (unpaired) electrons. The number of para-hydroxylation sites is 1. The first-order valence-corrected chi connectivity index (χ1v) is 11.7. The molecule has 0 unspecified atom stereocenters. The molecule has 0 aliphatic rings. The Bertz CT molecular complexity index is 1540. The SMILES string of the molecule is CCCCCn1nc(C(=O)NNC(=O)c2nn(-c3ccccc3)c(C)cc2=O)c2ccccc2c1=O. The maximum atomic E-state index is 13.0. The third-order valence-electron chi connectivity index (χ3n) is 5.67. The van der Waals surface area contributed by atoms with Gasteiger partial charge in [0.1, 0.15) is 0 Å². The summed E-state index contributed by atoms with van der Waals surface area (Å²) in [6.07, 6.45) is 2.63. The van der Waals surface area contributed by atoms with Gasteiger partial charge in [-0.25, -0.2) is 9.36 Å². The molecule has 2 heterocycles. The number of carbonyl (C=O) groups excluding carboxylic acids is 2. The highest BCUT2D eigenvalue weighted by Gasteiger charge is 2.20. The summed E-state index contributed by atoms with van der Waals surface area (Å²) in [6, 6.07) is 17.0. The second-order valence-corrected chi connectivity index (χ2v) is 8.28. The molecule has 2 amide bonds. The number of rotatable bonds is 7. The lowest BCUT2D eigenvalue weighted by atomic mass is 10.1. The van der Waals surface area contributed by atoms with Crippen LogP contribution < -0.4 is 21.8 Å². The maximum Gasteiger partial charge on any atom is 0.294 e. The van der Waals surface area contributed by atoms with E-state index in [4.69, 9.17) is 0 Å². The molecule has 4 rings (SSSR count). The van der Waals surface area contributed by atoms with E-state index < -0.39 is 17.2 Å². The van der Waals surface area contributed by atoms with Crippen molar-refractivity contribution in [2.24, 2.45) is 0 Å². The average molecular weight is 487 g/mol. The predicted octanol–water partition coefficient (Wildman–Crippen LogP) is 2.52. The van der Waals surface area contributed by atoms with Gasteiger partial charge in [-0.1, -0.05) is 56.2 Å². The number of nitrogens with one attached hydrogen (secondary N) is 2. The molecule has 0 saturated carbocycles. The van der Waals surface area contributed by atoms with Crippen molar-refractivity contribution in [3.63, 3.8) is 0 Å². The van der Waals surface area contributed by atoms with Crippen molar-refractivity contribution in [2.45, 2.75) is 39.7 Å². The molecule has 0 aliphatic heterocycles. The van der Waals surface area contributed by atoms with E-state index >= 15 is 0 Å². The van der Waals surface area contributed by atoms with E-state index in [1.165, 1.54) is 15.4 Å². The molecule has 0 spiro atoms. The largest absolute Gasteiger partial charge is 0.294 e. The lowest BCUT2D eigenvalue weighted by Crippen LogP contribution is -2.45. The van der Waals surface area contributed by atoms with Gasteiger partial charge in [-0.2, -0.15) is 10.2 Å². The summed E-state index contributed by atoms with van der Waals surface area (Å²) in [6.45, 7) is 4.13. The minimum atomic E-state index is -0.876. The number of benzene rings is 2. The van der Waals surface area contributed by atoms with E-state index in [-0.39, 0.29) is 16.9 Å². The molecular formula is C26H26N6O4. The van der Waals surface area contributed by atoms with Crippen molar-refractivity contribution in [3.8, 4) is 5.69 Å². The molecule has 2 aromatic carbocycles. The van der Waals surface area contributed by atoms with Gasteiger partial charge < -0.3 is 0 Å². The number of unbranched alkanes of at least 4 members (excludes halogenated alkanes) is 2. The Labute approximate surface area is 206 Å². The molecule has 2 N–H and O–H groups in total.